The minimum absolute atomic E-state index is 0.0450. The van der Waals surface area contributed by atoms with Gasteiger partial charge < -0.3 is 15.1 Å². The Morgan fingerprint density at radius 1 is 1.05 bits per heavy atom. The van der Waals surface area contributed by atoms with Crippen molar-refractivity contribution in [2.24, 2.45) is 5.16 Å². The first-order chi connectivity index (χ1) is 19.2. The van der Waals surface area contributed by atoms with Crippen molar-refractivity contribution in [3.8, 4) is 0 Å². The van der Waals surface area contributed by atoms with E-state index in [4.69, 9.17) is 4.84 Å². The van der Waals surface area contributed by atoms with Gasteiger partial charge in [0.2, 0.25) is 5.91 Å². The normalized spacial score (nSPS) is 20.9. The van der Waals surface area contributed by atoms with Crippen LogP contribution in [0.4, 0.5) is 5.82 Å². The Morgan fingerprint density at radius 3 is 2.38 bits per heavy atom. The summed E-state index contributed by atoms with van der Waals surface area (Å²) in [4.78, 5) is 43.9. The molecular formula is C28H36N6O5S. The van der Waals surface area contributed by atoms with E-state index >= 15 is 0 Å². The summed E-state index contributed by atoms with van der Waals surface area (Å²) in [6.45, 7) is 6.40. The zero-order chi connectivity index (χ0) is 28.3. The molecule has 0 unspecified atom stereocenters. The van der Waals surface area contributed by atoms with Crippen LogP contribution in [0.15, 0.2) is 46.7 Å². The van der Waals surface area contributed by atoms with E-state index in [-0.39, 0.29) is 39.7 Å². The maximum Gasteiger partial charge on any atom is 0.279 e. The van der Waals surface area contributed by atoms with Crippen molar-refractivity contribution in [1.82, 2.24) is 19.8 Å². The number of sulfone groups is 1. The van der Waals surface area contributed by atoms with E-state index in [0.717, 1.165) is 44.5 Å². The maximum atomic E-state index is 13.3. The molecule has 2 aromatic rings. The summed E-state index contributed by atoms with van der Waals surface area (Å²) >= 11 is 0. The van der Waals surface area contributed by atoms with Gasteiger partial charge in [0, 0.05) is 44.7 Å². The molecule has 1 N–H and O–H groups in total. The first-order valence-electron chi connectivity index (χ1n) is 13.9. The molecule has 1 aromatic heterocycles. The second-order valence-electron chi connectivity index (χ2n) is 10.9. The number of oxime groups is 1. The van der Waals surface area contributed by atoms with Gasteiger partial charge >= 0.3 is 0 Å². The van der Waals surface area contributed by atoms with Crippen molar-refractivity contribution in [1.29, 1.82) is 0 Å². The van der Waals surface area contributed by atoms with E-state index in [9.17, 15) is 18.0 Å². The molecule has 0 radical (unpaired) electrons. The first-order valence-corrected chi connectivity index (χ1v) is 15.5. The fourth-order valence-electron chi connectivity index (χ4n) is 5.27. The highest BCUT2D eigenvalue weighted by molar-refractivity contribution is 7.92. The van der Waals surface area contributed by atoms with Crippen LogP contribution >= 0.6 is 0 Å². The van der Waals surface area contributed by atoms with E-state index in [2.05, 4.69) is 25.3 Å². The fraction of sp³-hybridized carbons (Fsp3) is 0.536. The molecule has 2 aliphatic carbocycles. The van der Waals surface area contributed by atoms with Crippen molar-refractivity contribution in [3.05, 3.63) is 47.9 Å². The highest BCUT2D eigenvalue weighted by Crippen LogP contribution is 2.33. The summed E-state index contributed by atoms with van der Waals surface area (Å²) in [7, 11) is -3.34. The van der Waals surface area contributed by atoms with Crippen LogP contribution in [0.1, 0.15) is 63.6 Å². The number of hydrogen-bond donors (Lipinski definition) is 1. The van der Waals surface area contributed by atoms with Crippen LogP contribution in [0.2, 0.25) is 0 Å². The minimum Gasteiger partial charge on any atom is -0.392 e. The maximum absolute atomic E-state index is 13.3. The van der Waals surface area contributed by atoms with E-state index < -0.39 is 15.7 Å². The molecule has 5 rings (SSSR count). The summed E-state index contributed by atoms with van der Waals surface area (Å²) in [5, 5.41) is 6.64. The number of rotatable bonds is 9. The molecule has 214 valence electrons. The van der Waals surface area contributed by atoms with Crippen LogP contribution in [0.5, 0.6) is 0 Å². The van der Waals surface area contributed by atoms with Gasteiger partial charge in [-0.3, -0.25) is 19.5 Å². The number of amides is 2. The number of carbonyl (C=O) groups excluding carboxylic acids is 2. The van der Waals surface area contributed by atoms with Crippen LogP contribution in [-0.2, 0) is 30.8 Å². The van der Waals surface area contributed by atoms with Gasteiger partial charge in [-0.15, -0.1) is 0 Å². The average Bonchev–Trinajstić information content (AvgIpc) is 3.67. The summed E-state index contributed by atoms with van der Waals surface area (Å²) < 4.78 is 25.2. The van der Waals surface area contributed by atoms with Crippen molar-refractivity contribution in [2.75, 3.05) is 25.0 Å². The molecule has 3 aliphatic rings. The molecule has 12 heteroatoms. The molecule has 1 aromatic carbocycles. The number of piperazine rings is 1. The molecule has 2 heterocycles. The van der Waals surface area contributed by atoms with Gasteiger partial charge in [-0.1, -0.05) is 17.3 Å². The Morgan fingerprint density at radius 2 is 1.77 bits per heavy atom. The minimum atomic E-state index is -3.34. The van der Waals surface area contributed by atoms with E-state index in [1.54, 1.807) is 25.3 Å². The van der Waals surface area contributed by atoms with Crippen LogP contribution in [0.25, 0.3) is 0 Å². The Bertz CT molecular complexity index is 1350. The standard InChI is InChI=1S/C28H36N6O5S/c1-19-17-33(13-14-34(19)20(2)35)18-22-15-30-26(16-29-22)31-28(36)27(32-39-23-5-3-4-6-23)21-7-9-24(10-8-21)40(37,38)25-11-12-25/h7-10,15-16,19,23,25H,3-6,11-14,17-18H2,1-2H3,(H,30,31,36)/b32-27+/t19-/m0/s1. The third kappa shape index (κ3) is 6.67. The fourth-order valence-corrected chi connectivity index (χ4v) is 6.93. The number of aromatic nitrogens is 2. The Balaban J connectivity index is 1.26. The van der Waals surface area contributed by atoms with Crippen molar-refractivity contribution < 1.29 is 22.8 Å². The molecule has 2 saturated carbocycles. The molecule has 0 spiro atoms. The Kier molecular flexibility index (Phi) is 8.46. The predicted molar refractivity (Wildman–Crippen MR) is 149 cm³/mol. The highest BCUT2D eigenvalue weighted by atomic mass is 32.2. The van der Waals surface area contributed by atoms with Gasteiger partial charge in [0.15, 0.2) is 21.4 Å². The lowest BCUT2D eigenvalue weighted by atomic mass is 10.1. The average molecular weight is 569 g/mol. The van der Waals surface area contributed by atoms with E-state index in [0.29, 0.717) is 31.5 Å². The van der Waals surface area contributed by atoms with Crippen LogP contribution < -0.4 is 5.32 Å². The van der Waals surface area contributed by atoms with E-state index in [1.165, 1.54) is 18.3 Å². The van der Waals surface area contributed by atoms with Crippen molar-refractivity contribution >= 4 is 33.2 Å². The SMILES string of the molecule is CC(=O)N1CCN(Cc2cnc(NC(=O)/C(=N/OC3CCCC3)c3ccc(S(=O)(=O)C4CC4)cc3)cn2)C[C@@H]1C. The monoisotopic (exact) mass is 568 g/mol. The molecular weight excluding hydrogens is 532 g/mol. The zero-order valence-electron chi connectivity index (χ0n) is 23.0. The van der Waals surface area contributed by atoms with Gasteiger partial charge in [-0.25, -0.2) is 13.4 Å². The van der Waals surface area contributed by atoms with Crippen LogP contribution in [0.3, 0.4) is 0 Å². The Hall–Kier alpha value is -3.38. The molecule has 1 aliphatic heterocycles. The predicted octanol–water partition coefficient (Wildman–Crippen LogP) is 2.77. The van der Waals surface area contributed by atoms with Crippen LogP contribution in [0, 0.1) is 0 Å². The second kappa shape index (κ2) is 12.0. The number of benzene rings is 1. The van der Waals surface area contributed by atoms with E-state index in [1.807, 2.05) is 11.8 Å². The highest BCUT2D eigenvalue weighted by Gasteiger charge is 2.37. The zero-order valence-corrected chi connectivity index (χ0v) is 23.8. The lowest BCUT2D eigenvalue weighted by Gasteiger charge is -2.39. The van der Waals surface area contributed by atoms with Crippen molar-refractivity contribution in [2.45, 2.75) is 81.2 Å². The lowest BCUT2D eigenvalue weighted by Crippen LogP contribution is -2.53. The number of nitrogens with zero attached hydrogens (tertiary/aromatic N) is 5. The molecule has 2 amide bonds. The summed E-state index contributed by atoms with van der Waals surface area (Å²) in [5.41, 5.74) is 1.26. The van der Waals surface area contributed by atoms with Gasteiger partial charge in [0.25, 0.3) is 5.91 Å². The third-order valence-electron chi connectivity index (χ3n) is 7.68. The molecule has 1 saturated heterocycles. The third-order valence-corrected chi connectivity index (χ3v) is 9.96. The number of nitrogens with one attached hydrogen (secondary N) is 1. The quantitative estimate of drug-likeness (QED) is 0.361. The lowest BCUT2D eigenvalue weighted by molar-refractivity contribution is -0.133. The molecule has 3 fully saturated rings. The van der Waals surface area contributed by atoms with Crippen molar-refractivity contribution in [3.63, 3.8) is 0 Å². The van der Waals surface area contributed by atoms with Gasteiger partial charge in [-0.2, -0.15) is 0 Å². The molecule has 1 atom stereocenters. The van der Waals surface area contributed by atoms with Gasteiger partial charge in [0.1, 0.15) is 6.10 Å². The molecule has 40 heavy (non-hydrogen) atoms. The summed E-state index contributed by atoms with van der Waals surface area (Å²) in [6, 6.07) is 6.35. The largest absolute Gasteiger partial charge is 0.392 e. The summed E-state index contributed by atoms with van der Waals surface area (Å²) in [5.74, 6) is -0.167. The smallest absolute Gasteiger partial charge is 0.279 e. The number of carbonyl (C=O) groups is 2. The molecule has 11 nitrogen and oxygen atoms in total. The first kappa shape index (κ1) is 28.2. The number of hydrogen-bond acceptors (Lipinski definition) is 9. The number of anilines is 1. The topological polar surface area (TPSA) is 134 Å². The second-order valence-corrected chi connectivity index (χ2v) is 13.1. The molecule has 0 bridgehead atoms. The van der Waals surface area contributed by atoms with Crippen LogP contribution in [-0.4, -0.2) is 82.7 Å². The van der Waals surface area contributed by atoms with Gasteiger partial charge in [0.05, 0.1) is 28.2 Å². The van der Waals surface area contributed by atoms with Gasteiger partial charge in [-0.05, 0) is 57.6 Å². The Labute approximate surface area is 234 Å². The summed E-state index contributed by atoms with van der Waals surface area (Å²) in [6.07, 6.45) is 8.33.